The van der Waals surface area contributed by atoms with Gasteiger partial charge in [-0.15, -0.1) is 0 Å². The molecule has 0 fully saturated rings. The van der Waals surface area contributed by atoms with E-state index >= 15 is 0 Å². The Morgan fingerprint density at radius 1 is 0.880 bits per heavy atom. The summed E-state index contributed by atoms with van der Waals surface area (Å²) < 4.78 is 1.52. The van der Waals surface area contributed by atoms with E-state index in [4.69, 9.17) is 0 Å². The molecule has 25 heavy (non-hydrogen) atoms. The van der Waals surface area contributed by atoms with Crippen molar-refractivity contribution in [1.29, 1.82) is 0 Å². The van der Waals surface area contributed by atoms with Gasteiger partial charge < -0.3 is 7.43 Å². The molecule has 0 aromatic heterocycles. The fourth-order valence-electron chi connectivity index (χ4n) is 1.65. The van der Waals surface area contributed by atoms with E-state index in [9.17, 15) is 4.79 Å². The molecule has 1 nitrogen and oxygen atoms in total. The van der Waals surface area contributed by atoms with Gasteiger partial charge in [0.2, 0.25) is 0 Å². The smallest absolute Gasteiger partial charge is 0.309 e. The number of alkyl halides is 1. The van der Waals surface area contributed by atoms with Crippen LogP contribution in [0.1, 0.15) is 47.1 Å². The molecule has 0 spiro atoms. The average Bonchev–Trinajstić information content (AvgIpc) is 2.67. The van der Waals surface area contributed by atoms with Gasteiger partial charge in [-0.25, -0.2) is 0 Å². The molecule has 0 saturated heterocycles. The monoisotopic (exact) mass is 456 g/mol. The number of hydrogen-bond donors (Lipinski definition) is 0. The lowest BCUT2D eigenvalue weighted by molar-refractivity contribution is -0.597. The molecule has 0 bridgehead atoms. The Hall–Kier alpha value is -1.16. The summed E-state index contributed by atoms with van der Waals surface area (Å²) in [5.74, 6) is 0.409. The van der Waals surface area contributed by atoms with Crippen molar-refractivity contribution in [2.45, 2.75) is 48.0 Å². The molecule has 0 N–H and O–H groups in total. The van der Waals surface area contributed by atoms with Gasteiger partial charge in [-0.05, 0) is 31.0 Å². The molecule has 0 heterocycles. The van der Waals surface area contributed by atoms with Crippen molar-refractivity contribution in [3.05, 3.63) is 77.2 Å². The van der Waals surface area contributed by atoms with Crippen LogP contribution < -0.4 is 21.2 Å². The highest BCUT2D eigenvalue weighted by atomic mass is 127. The summed E-state index contributed by atoms with van der Waals surface area (Å²) in [6.07, 6.45) is 0.857. The minimum absolute atomic E-state index is 0. The minimum atomic E-state index is 0. The zero-order valence-corrected chi connectivity index (χ0v) is 19.5. The molecule has 0 saturated carbocycles. The first-order valence-electron chi connectivity index (χ1n) is 8.72. The number of halogens is 1. The van der Waals surface area contributed by atoms with E-state index in [0.717, 1.165) is 6.42 Å². The first kappa shape index (κ1) is 28.6. The molecule has 2 aromatic carbocycles. The SMILES string of the molecule is CC.CC.CC(=O)[C@@H](C)Cc1ccccc1.C[I+]c1ccccc1.[CH3-]. The second kappa shape index (κ2) is 20.9. The zero-order valence-electron chi connectivity index (χ0n) is 17.3. The molecule has 0 aliphatic rings. The molecular formula is C23H37IO. The fraction of sp³-hybridized carbons (Fsp3) is 0.391. The van der Waals surface area contributed by atoms with Crippen molar-refractivity contribution in [2.75, 3.05) is 4.93 Å². The van der Waals surface area contributed by atoms with Crippen LogP contribution in [0.5, 0.6) is 0 Å². The summed E-state index contributed by atoms with van der Waals surface area (Å²) in [6.45, 7) is 11.6. The maximum Gasteiger partial charge on any atom is 0.309 e. The van der Waals surface area contributed by atoms with Gasteiger partial charge in [0, 0.05) is 5.92 Å². The molecule has 142 valence electrons. The molecule has 1 atom stereocenters. The third-order valence-corrected chi connectivity index (χ3v) is 4.99. The Kier molecular flexibility index (Phi) is 23.9. The van der Waals surface area contributed by atoms with Crippen molar-refractivity contribution in [3.8, 4) is 0 Å². The Morgan fingerprint density at radius 3 is 1.60 bits per heavy atom. The predicted octanol–water partition coefficient (Wildman–Crippen LogP) is 3.53. The topological polar surface area (TPSA) is 17.1 Å². The number of hydrogen-bond acceptors (Lipinski definition) is 1. The fourth-order valence-corrected chi connectivity index (χ4v) is 2.79. The number of Topliss-reactive ketones (excluding diaryl/α,β-unsaturated/α-hetero) is 1. The molecule has 2 rings (SSSR count). The summed E-state index contributed by atoms with van der Waals surface area (Å²) in [5, 5.41) is 0. The van der Waals surface area contributed by atoms with Crippen LogP contribution in [0, 0.1) is 16.9 Å². The van der Waals surface area contributed by atoms with Crippen molar-refractivity contribution in [2.24, 2.45) is 5.92 Å². The normalized spacial score (nSPS) is 9.40. The van der Waals surface area contributed by atoms with Crippen molar-refractivity contribution in [1.82, 2.24) is 0 Å². The molecule has 0 radical (unpaired) electrons. The largest absolute Gasteiger partial charge is 0.358 e. The van der Waals surface area contributed by atoms with E-state index in [1.165, 1.54) is 9.13 Å². The lowest BCUT2D eigenvalue weighted by atomic mass is 9.98. The van der Waals surface area contributed by atoms with Gasteiger partial charge >= 0.3 is 21.2 Å². The van der Waals surface area contributed by atoms with Crippen LogP contribution in [0.15, 0.2) is 60.7 Å². The second-order valence-corrected chi connectivity index (χ2v) is 7.01. The molecule has 0 amide bonds. The van der Waals surface area contributed by atoms with E-state index in [1.54, 1.807) is 6.92 Å². The number of ketones is 1. The predicted molar refractivity (Wildman–Crippen MR) is 110 cm³/mol. The van der Waals surface area contributed by atoms with Gasteiger partial charge in [-0.1, -0.05) is 83.1 Å². The number of rotatable bonds is 4. The molecule has 0 aliphatic carbocycles. The quantitative estimate of drug-likeness (QED) is 0.391. The summed E-state index contributed by atoms with van der Waals surface area (Å²) in [7, 11) is 0. The standard InChI is InChI=1S/C11H14O.C7H8I.2C2H6.CH3/c1-9(10(2)12)8-11-6-4-3-5-7-11;1-8-7-5-3-2-4-6-7;2*1-2;/h3-7,9H,8H2,1-2H3;2-6H,1H3;2*1-2H3;1H3/q;+1;;;-1/t9-;;;;/m0..../s1. The Morgan fingerprint density at radius 2 is 1.28 bits per heavy atom. The molecule has 0 aliphatic heterocycles. The number of carbonyl (C=O) groups excluding carboxylic acids is 1. The molecule has 2 aromatic rings. The molecule has 0 unspecified atom stereocenters. The Bertz CT molecular complexity index is 494. The highest BCUT2D eigenvalue weighted by molar-refractivity contribution is 5.78. The maximum atomic E-state index is 10.9. The lowest BCUT2D eigenvalue weighted by Gasteiger charge is -2.06. The van der Waals surface area contributed by atoms with Crippen LogP contribution in [0.4, 0.5) is 0 Å². The lowest BCUT2D eigenvalue weighted by Crippen LogP contribution is -3.60. The summed E-state index contributed by atoms with van der Waals surface area (Å²) in [6, 6.07) is 20.7. The van der Waals surface area contributed by atoms with Gasteiger partial charge in [0.1, 0.15) is 10.7 Å². The Balaban J connectivity index is -0.000000326. The van der Waals surface area contributed by atoms with Crippen LogP contribution in [0.25, 0.3) is 0 Å². The first-order chi connectivity index (χ1) is 11.6. The third-order valence-electron chi connectivity index (χ3n) is 3.03. The van der Waals surface area contributed by atoms with Crippen LogP contribution >= 0.6 is 0 Å². The second-order valence-electron chi connectivity index (χ2n) is 4.69. The zero-order chi connectivity index (χ0) is 18.8. The number of carbonyl (C=O) groups is 1. The average molecular weight is 456 g/mol. The van der Waals surface area contributed by atoms with E-state index in [1.807, 2.05) is 52.8 Å². The molecular weight excluding hydrogens is 419 g/mol. The highest BCUT2D eigenvalue weighted by Crippen LogP contribution is 2.08. The summed E-state index contributed by atoms with van der Waals surface area (Å²) in [5.41, 5.74) is 1.24. The van der Waals surface area contributed by atoms with Crippen molar-refractivity contribution in [3.63, 3.8) is 0 Å². The van der Waals surface area contributed by atoms with E-state index in [-0.39, 0.29) is 19.1 Å². The maximum absolute atomic E-state index is 10.9. The van der Waals surface area contributed by atoms with Crippen LogP contribution in [0.3, 0.4) is 0 Å². The van der Waals surface area contributed by atoms with Gasteiger partial charge in [0.25, 0.3) is 0 Å². The van der Waals surface area contributed by atoms with Gasteiger partial charge in [0.15, 0.2) is 3.57 Å². The van der Waals surface area contributed by atoms with E-state index in [2.05, 4.69) is 47.4 Å². The van der Waals surface area contributed by atoms with Gasteiger partial charge in [-0.3, -0.25) is 4.79 Å². The third kappa shape index (κ3) is 16.1. The van der Waals surface area contributed by atoms with Gasteiger partial charge in [-0.2, -0.15) is 0 Å². The van der Waals surface area contributed by atoms with Gasteiger partial charge in [0.05, 0.1) is 0 Å². The Labute approximate surface area is 167 Å². The van der Waals surface area contributed by atoms with Crippen molar-refractivity contribution >= 4 is 5.78 Å². The highest BCUT2D eigenvalue weighted by Gasteiger charge is 2.07. The minimum Gasteiger partial charge on any atom is -0.358 e. The van der Waals surface area contributed by atoms with E-state index < -0.39 is 0 Å². The van der Waals surface area contributed by atoms with Crippen LogP contribution in [0.2, 0.25) is 0 Å². The first-order valence-corrected chi connectivity index (χ1v) is 12.0. The van der Waals surface area contributed by atoms with Crippen LogP contribution in [-0.2, 0) is 11.2 Å². The summed E-state index contributed by atoms with van der Waals surface area (Å²) in [4.78, 5) is 13.2. The van der Waals surface area contributed by atoms with Crippen molar-refractivity contribution < 1.29 is 26.0 Å². The van der Waals surface area contributed by atoms with Crippen LogP contribution in [-0.4, -0.2) is 10.7 Å². The molecule has 2 heteroatoms. The summed E-state index contributed by atoms with van der Waals surface area (Å²) >= 11 is 0.309. The van der Waals surface area contributed by atoms with E-state index in [0.29, 0.717) is 21.2 Å². The number of benzene rings is 2.